The summed E-state index contributed by atoms with van der Waals surface area (Å²) in [5.41, 5.74) is 0. The average Bonchev–Trinajstić information content (AvgIpc) is 2.13. The van der Waals surface area contributed by atoms with Crippen LogP contribution in [-0.4, -0.2) is 41.6 Å². The van der Waals surface area contributed by atoms with Crippen LogP contribution in [0.3, 0.4) is 0 Å². The van der Waals surface area contributed by atoms with Crippen molar-refractivity contribution in [2.75, 3.05) is 6.61 Å². The Morgan fingerprint density at radius 1 is 0.789 bits per heavy atom. The van der Waals surface area contributed by atoms with Gasteiger partial charge in [0.1, 0.15) is 0 Å². The molecule has 2 radical (unpaired) electrons. The molecule has 0 aromatic carbocycles. The van der Waals surface area contributed by atoms with E-state index in [-0.39, 0.29) is 0 Å². The minimum atomic E-state index is -1.85. The molecule has 1 aliphatic heterocycles. The molecule has 1 heterocycles. The van der Waals surface area contributed by atoms with Crippen LogP contribution in [0.25, 0.3) is 0 Å². The summed E-state index contributed by atoms with van der Waals surface area (Å²) in [7, 11) is -3.92. The maximum Gasteiger partial charge on any atom is 0.311 e. The summed E-state index contributed by atoms with van der Waals surface area (Å²) in [5, 5.41) is 0. The fraction of sp³-hybridized carbons (Fsp3) is 1.00. The monoisotopic (exact) mass is 336 g/mol. The summed E-state index contributed by atoms with van der Waals surface area (Å²) < 4.78 is 17.3. The van der Waals surface area contributed by atoms with E-state index in [0.717, 1.165) is 16.4 Å². The highest BCUT2D eigenvalue weighted by atomic mass is 28.5. The highest BCUT2D eigenvalue weighted by Crippen LogP contribution is 2.19. The van der Waals surface area contributed by atoms with E-state index in [2.05, 4.69) is 52.4 Å². The quantitative estimate of drug-likeness (QED) is 0.719. The highest BCUT2D eigenvalue weighted by molar-refractivity contribution is 6.87. The van der Waals surface area contributed by atoms with Gasteiger partial charge in [-0.3, -0.25) is 0 Å². The molecule has 1 aliphatic rings. The molecule has 3 nitrogen and oxygen atoms in total. The fourth-order valence-electron chi connectivity index (χ4n) is 2.01. The summed E-state index contributed by atoms with van der Waals surface area (Å²) in [5.74, 6) is 0. The lowest BCUT2D eigenvalue weighted by Gasteiger charge is -2.35. The van der Waals surface area contributed by atoms with Crippen molar-refractivity contribution in [3.05, 3.63) is 0 Å². The molecule has 0 aromatic heterocycles. The van der Waals surface area contributed by atoms with Crippen LogP contribution in [0, 0.1) is 0 Å². The Morgan fingerprint density at radius 3 is 1.42 bits per heavy atom. The van der Waals surface area contributed by atoms with E-state index in [4.69, 9.17) is 12.7 Å². The molecule has 0 unspecified atom stereocenters. The second-order valence-corrected chi connectivity index (χ2v) is 21.2. The molecule has 1 saturated heterocycles. The van der Waals surface area contributed by atoms with Crippen LogP contribution in [0.15, 0.2) is 0 Å². The Labute approximate surface area is 125 Å². The third-order valence-electron chi connectivity index (χ3n) is 1.98. The van der Waals surface area contributed by atoms with Gasteiger partial charge in [0, 0.05) is 6.61 Å². The number of rotatable bonds is 4. The van der Waals surface area contributed by atoms with Gasteiger partial charge in [0.05, 0.1) is 0 Å². The van der Waals surface area contributed by atoms with Crippen LogP contribution in [0.2, 0.25) is 58.4 Å². The predicted octanol–water partition coefficient (Wildman–Crippen LogP) is 4.23. The van der Waals surface area contributed by atoms with Crippen molar-refractivity contribution in [2.45, 2.75) is 71.3 Å². The van der Waals surface area contributed by atoms with Crippen LogP contribution in [0.5, 0.6) is 0 Å². The van der Waals surface area contributed by atoms with E-state index >= 15 is 0 Å². The molecular weight excluding hydrogens is 304 g/mol. The molecule has 0 bridgehead atoms. The molecular formula is C12H32O3Si4. The summed E-state index contributed by atoms with van der Waals surface area (Å²) in [4.78, 5) is 0. The molecule has 7 heteroatoms. The van der Waals surface area contributed by atoms with Crippen molar-refractivity contribution in [1.82, 2.24) is 0 Å². The van der Waals surface area contributed by atoms with Crippen LogP contribution in [-0.2, 0) is 12.7 Å². The molecule has 1 fully saturated rings. The zero-order chi connectivity index (χ0) is 15.2. The Balaban J connectivity index is 0.000000443. The van der Waals surface area contributed by atoms with Crippen LogP contribution < -0.4 is 0 Å². The molecule has 0 aliphatic carbocycles. The second-order valence-electron chi connectivity index (χ2n) is 7.28. The highest BCUT2D eigenvalue weighted by Gasteiger charge is 2.35. The standard InChI is InChI=1S/C8H24O2Si3.C4H8OSi/c1-11(2,3)9-13(7,8)10-12(4,5)6;1-2-4-6-5-3-1/h1-8H3;1-4H2. The lowest BCUT2D eigenvalue weighted by atomic mass is 10.4. The van der Waals surface area contributed by atoms with Crippen molar-refractivity contribution in [3.63, 3.8) is 0 Å². The summed E-state index contributed by atoms with van der Waals surface area (Å²) >= 11 is 0. The van der Waals surface area contributed by atoms with Gasteiger partial charge >= 0.3 is 8.56 Å². The number of hydrogen-bond acceptors (Lipinski definition) is 3. The lowest BCUT2D eigenvalue weighted by Crippen LogP contribution is -2.50. The first kappa shape index (κ1) is 19.7. The summed E-state index contributed by atoms with van der Waals surface area (Å²) in [6, 6.07) is 1.31. The maximum atomic E-state index is 6.09. The smallest absolute Gasteiger partial charge is 0.311 e. The van der Waals surface area contributed by atoms with Crippen molar-refractivity contribution in [3.8, 4) is 0 Å². The lowest BCUT2D eigenvalue weighted by molar-refractivity contribution is 0.304. The topological polar surface area (TPSA) is 27.7 Å². The van der Waals surface area contributed by atoms with Gasteiger partial charge < -0.3 is 12.7 Å². The van der Waals surface area contributed by atoms with E-state index in [1.165, 1.54) is 18.9 Å². The van der Waals surface area contributed by atoms with Gasteiger partial charge in [-0.2, -0.15) is 0 Å². The van der Waals surface area contributed by atoms with Gasteiger partial charge in [-0.15, -0.1) is 0 Å². The Bertz CT molecular complexity index is 213. The molecule has 0 spiro atoms. The molecule has 0 N–H and O–H groups in total. The molecule has 0 amide bonds. The van der Waals surface area contributed by atoms with E-state index in [9.17, 15) is 0 Å². The SMILES string of the molecule is C1CC[Si]OC1.C[Si](C)(C)O[Si](C)(C)O[Si](C)(C)C. The van der Waals surface area contributed by atoms with Crippen LogP contribution >= 0.6 is 0 Å². The molecule has 0 saturated carbocycles. The molecule has 0 aromatic rings. The summed E-state index contributed by atoms with van der Waals surface area (Å²) in [6.07, 6.45) is 2.67. The molecule has 114 valence electrons. The molecule has 19 heavy (non-hydrogen) atoms. The minimum Gasteiger partial charge on any atom is -0.437 e. The first-order chi connectivity index (χ1) is 8.41. The van der Waals surface area contributed by atoms with Crippen molar-refractivity contribution in [2.24, 2.45) is 0 Å². The minimum absolute atomic E-state index is 0.802. The largest absolute Gasteiger partial charge is 0.437 e. The van der Waals surface area contributed by atoms with Gasteiger partial charge in [-0.25, -0.2) is 0 Å². The van der Waals surface area contributed by atoms with E-state index in [1.807, 2.05) is 0 Å². The van der Waals surface area contributed by atoms with Gasteiger partial charge in [0.25, 0.3) is 0 Å². The normalized spacial score (nSPS) is 17.7. The van der Waals surface area contributed by atoms with Crippen molar-refractivity contribution in [1.29, 1.82) is 0 Å². The third kappa shape index (κ3) is 15.0. The Morgan fingerprint density at radius 2 is 1.26 bits per heavy atom. The maximum absolute atomic E-state index is 6.09. The van der Waals surface area contributed by atoms with Crippen molar-refractivity contribution >= 4 is 35.0 Å². The van der Waals surface area contributed by atoms with E-state index < -0.39 is 25.2 Å². The Kier molecular flexibility index (Phi) is 8.58. The van der Waals surface area contributed by atoms with Gasteiger partial charge in [0.2, 0.25) is 9.76 Å². The Hall–Kier alpha value is 0.748. The zero-order valence-corrected chi connectivity index (χ0v) is 18.1. The average molecular weight is 337 g/mol. The fourth-order valence-corrected chi connectivity index (χ4v) is 15.2. The molecule has 1 rings (SSSR count). The summed E-state index contributed by atoms with van der Waals surface area (Å²) in [6.45, 7) is 18.6. The van der Waals surface area contributed by atoms with Gasteiger partial charge in [-0.05, 0) is 64.8 Å². The first-order valence-corrected chi connectivity index (χ1v) is 17.9. The van der Waals surface area contributed by atoms with E-state index in [0.29, 0.717) is 0 Å². The number of hydrogen-bond donors (Lipinski definition) is 0. The first-order valence-electron chi connectivity index (χ1n) is 7.16. The van der Waals surface area contributed by atoms with Crippen molar-refractivity contribution < 1.29 is 12.7 Å². The van der Waals surface area contributed by atoms with Gasteiger partial charge in [-0.1, -0.05) is 6.42 Å². The van der Waals surface area contributed by atoms with E-state index in [1.54, 1.807) is 0 Å². The zero-order valence-electron chi connectivity index (χ0n) is 14.1. The van der Waals surface area contributed by atoms with Gasteiger partial charge in [0.15, 0.2) is 16.6 Å². The van der Waals surface area contributed by atoms with Crippen LogP contribution in [0.1, 0.15) is 12.8 Å². The molecule has 0 atom stereocenters. The van der Waals surface area contributed by atoms with Crippen LogP contribution in [0.4, 0.5) is 0 Å². The second kappa shape index (κ2) is 8.25. The third-order valence-corrected chi connectivity index (χ3v) is 11.8. The predicted molar refractivity (Wildman–Crippen MR) is 92.1 cm³/mol.